The largest absolute Gasteiger partial charge is 0.508 e. The van der Waals surface area contributed by atoms with Crippen molar-refractivity contribution in [2.75, 3.05) is 7.11 Å². The van der Waals surface area contributed by atoms with E-state index in [1.807, 2.05) is 24.3 Å². The second-order valence-corrected chi connectivity index (χ2v) is 5.80. The zero-order valence-electron chi connectivity index (χ0n) is 13.9. The first-order valence-corrected chi connectivity index (χ1v) is 7.93. The van der Waals surface area contributed by atoms with E-state index in [0.717, 1.165) is 11.3 Å². The number of phenols is 1. The highest BCUT2D eigenvalue weighted by atomic mass is 16.5. The Labute approximate surface area is 148 Å². The van der Waals surface area contributed by atoms with Gasteiger partial charge in [-0.15, -0.1) is 5.10 Å². The Balaban J connectivity index is 1.70. The van der Waals surface area contributed by atoms with E-state index in [-0.39, 0.29) is 5.75 Å². The summed E-state index contributed by atoms with van der Waals surface area (Å²) in [4.78, 5) is 11.8. The van der Waals surface area contributed by atoms with Crippen molar-refractivity contribution in [2.45, 2.75) is 6.54 Å². The van der Waals surface area contributed by atoms with E-state index in [4.69, 9.17) is 9.15 Å². The third-order valence-corrected chi connectivity index (χ3v) is 4.05. The van der Waals surface area contributed by atoms with Crippen molar-refractivity contribution in [2.24, 2.45) is 0 Å². The van der Waals surface area contributed by atoms with Crippen molar-refractivity contribution in [3.63, 3.8) is 0 Å². The summed E-state index contributed by atoms with van der Waals surface area (Å²) >= 11 is 0. The third kappa shape index (κ3) is 3.02. The van der Waals surface area contributed by atoms with Crippen molar-refractivity contribution < 1.29 is 14.3 Å². The summed E-state index contributed by atoms with van der Waals surface area (Å²) in [6.45, 7) is 0.322. The summed E-state index contributed by atoms with van der Waals surface area (Å²) in [6.07, 6.45) is 1.79. The Morgan fingerprint density at radius 3 is 2.92 bits per heavy atom. The monoisotopic (exact) mass is 349 g/mol. The molecule has 0 saturated carbocycles. The highest BCUT2D eigenvalue weighted by Crippen LogP contribution is 2.24. The highest BCUT2D eigenvalue weighted by Gasteiger charge is 2.10. The average Bonchev–Trinajstić information content (AvgIpc) is 3.11. The molecule has 0 aliphatic heterocycles. The number of fused-ring (bicyclic) bond motifs is 1. The molecule has 1 N–H and O–H groups in total. The Bertz CT molecular complexity index is 1150. The fourth-order valence-corrected chi connectivity index (χ4v) is 2.81. The second kappa shape index (κ2) is 6.36. The molecule has 0 aliphatic rings. The van der Waals surface area contributed by atoms with Crippen LogP contribution >= 0.6 is 0 Å². The van der Waals surface area contributed by atoms with Crippen molar-refractivity contribution >= 4 is 11.0 Å². The number of benzene rings is 2. The number of rotatable bonds is 4. The molecule has 0 atom stereocenters. The molecular weight excluding hydrogens is 334 g/mol. The van der Waals surface area contributed by atoms with Gasteiger partial charge < -0.3 is 14.3 Å². The standard InChI is InChI=1S/C19H15N3O4/c1-25-15-4-2-3-12(7-15)17-11-22(21-20-17)10-13-8-19(24)26-18-6-5-14(23)9-16(13)18/h2-9,11,23H,10H2,1H3. The van der Waals surface area contributed by atoms with Crippen molar-refractivity contribution in [3.05, 3.63) is 70.7 Å². The molecule has 7 nitrogen and oxygen atoms in total. The van der Waals surface area contributed by atoms with E-state index in [1.54, 1.807) is 30.1 Å². The Morgan fingerprint density at radius 2 is 2.08 bits per heavy atom. The van der Waals surface area contributed by atoms with E-state index < -0.39 is 5.63 Å². The molecule has 0 amide bonds. The summed E-state index contributed by atoms with van der Waals surface area (Å²) in [6, 6.07) is 13.5. The summed E-state index contributed by atoms with van der Waals surface area (Å²) in [5.41, 5.74) is 2.23. The van der Waals surface area contributed by atoms with Crippen LogP contribution in [0.1, 0.15) is 5.56 Å². The molecule has 0 spiro atoms. The van der Waals surface area contributed by atoms with Crippen molar-refractivity contribution in [1.82, 2.24) is 15.0 Å². The van der Waals surface area contributed by atoms with Gasteiger partial charge in [0, 0.05) is 17.0 Å². The van der Waals surface area contributed by atoms with Crippen LogP contribution in [0.25, 0.3) is 22.2 Å². The van der Waals surface area contributed by atoms with Gasteiger partial charge in [0.25, 0.3) is 0 Å². The molecule has 7 heteroatoms. The van der Waals surface area contributed by atoms with E-state index in [1.165, 1.54) is 12.1 Å². The van der Waals surface area contributed by atoms with Gasteiger partial charge in [0.1, 0.15) is 22.8 Å². The summed E-state index contributed by atoms with van der Waals surface area (Å²) in [7, 11) is 1.61. The van der Waals surface area contributed by atoms with Gasteiger partial charge in [-0.3, -0.25) is 0 Å². The van der Waals surface area contributed by atoms with Crippen LogP contribution in [-0.4, -0.2) is 27.2 Å². The molecule has 2 aromatic heterocycles. The van der Waals surface area contributed by atoms with Gasteiger partial charge >= 0.3 is 5.63 Å². The smallest absolute Gasteiger partial charge is 0.336 e. The van der Waals surface area contributed by atoms with Crippen LogP contribution < -0.4 is 10.4 Å². The molecule has 26 heavy (non-hydrogen) atoms. The molecule has 0 saturated heterocycles. The van der Waals surface area contributed by atoms with Gasteiger partial charge in [0.2, 0.25) is 0 Å². The van der Waals surface area contributed by atoms with Crippen LogP contribution in [0.2, 0.25) is 0 Å². The normalized spacial score (nSPS) is 11.0. The quantitative estimate of drug-likeness (QED) is 0.570. The molecule has 0 fully saturated rings. The molecule has 4 rings (SSSR count). The fraction of sp³-hybridized carbons (Fsp3) is 0.105. The topological polar surface area (TPSA) is 90.4 Å². The van der Waals surface area contributed by atoms with Gasteiger partial charge in [-0.1, -0.05) is 17.3 Å². The van der Waals surface area contributed by atoms with Crippen LogP contribution in [0.5, 0.6) is 11.5 Å². The summed E-state index contributed by atoms with van der Waals surface area (Å²) in [5.74, 6) is 0.836. The summed E-state index contributed by atoms with van der Waals surface area (Å²) < 4.78 is 12.0. The molecule has 0 unspecified atom stereocenters. The Hall–Kier alpha value is -3.61. The number of hydrogen-bond acceptors (Lipinski definition) is 6. The number of hydrogen-bond donors (Lipinski definition) is 1. The van der Waals surface area contributed by atoms with Gasteiger partial charge in [0.15, 0.2) is 0 Å². The maximum absolute atomic E-state index is 11.8. The molecule has 130 valence electrons. The molecule has 0 radical (unpaired) electrons. The molecule has 0 aliphatic carbocycles. The fourth-order valence-electron chi connectivity index (χ4n) is 2.81. The zero-order chi connectivity index (χ0) is 18.1. The van der Waals surface area contributed by atoms with Gasteiger partial charge in [-0.2, -0.15) is 0 Å². The predicted octanol–water partition coefficient (Wildman–Crippen LogP) is 2.81. The third-order valence-electron chi connectivity index (χ3n) is 4.05. The first-order chi connectivity index (χ1) is 12.6. The van der Waals surface area contributed by atoms with Gasteiger partial charge in [0.05, 0.1) is 19.9 Å². The number of nitrogens with zero attached hydrogens (tertiary/aromatic N) is 3. The minimum absolute atomic E-state index is 0.100. The maximum atomic E-state index is 11.8. The van der Waals surface area contributed by atoms with Crippen LogP contribution in [0.15, 0.2) is 63.9 Å². The molecule has 2 heterocycles. The van der Waals surface area contributed by atoms with E-state index in [9.17, 15) is 9.90 Å². The molecule has 2 aromatic carbocycles. The van der Waals surface area contributed by atoms with Crippen LogP contribution in [0.3, 0.4) is 0 Å². The van der Waals surface area contributed by atoms with E-state index >= 15 is 0 Å². The van der Waals surface area contributed by atoms with Gasteiger partial charge in [-0.05, 0) is 35.9 Å². The molecule has 0 bridgehead atoms. The average molecular weight is 349 g/mol. The van der Waals surface area contributed by atoms with Crippen molar-refractivity contribution in [1.29, 1.82) is 0 Å². The minimum atomic E-state index is -0.452. The lowest BCUT2D eigenvalue weighted by Crippen LogP contribution is -2.06. The molecule has 4 aromatic rings. The number of methoxy groups -OCH3 is 1. The lowest BCUT2D eigenvalue weighted by Gasteiger charge is -2.05. The number of ether oxygens (including phenoxy) is 1. The van der Waals surface area contributed by atoms with Crippen LogP contribution in [0, 0.1) is 0 Å². The number of aromatic hydroxyl groups is 1. The van der Waals surface area contributed by atoms with E-state index in [0.29, 0.717) is 28.8 Å². The minimum Gasteiger partial charge on any atom is -0.508 e. The van der Waals surface area contributed by atoms with E-state index in [2.05, 4.69) is 10.3 Å². The molecular formula is C19H15N3O4. The highest BCUT2D eigenvalue weighted by molar-refractivity contribution is 5.81. The van der Waals surface area contributed by atoms with Crippen LogP contribution in [-0.2, 0) is 6.54 Å². The Kier molecular flexibility index (Phi) is 3.89. The predicted molar refractivity (Wildman–Crippen MR) is 95.3 cm³/mol. The Morgan fingerprint density at radius 1 is 1.19 bits per heavy atom. The van der Waals surface area contributed by atoms with Gasteiger partial charge in [-0.25, -0.2) is 9.48 Å². The maximum Gasteiger partial charge on any atom is 0.336 e. The lowest BCUT2D eigenvalue weighted by molar-refractivity contribution is 0.415. The number of phenolic OH excluding ortho intramolecular Hbond substituents is 1. The number of aromatic nitrogens is 3. The second-order valence-electron chi connectivity index (χ2n) is 5.80. The summed E-state index contributed by atoms with van der Waals surface area (Å²) in [5, 5.41) is 18.7. The SMILES string of the molecule is COc1cccc(-c2cn(Cc3cc(=O)oc4ccc(O)cc34)nn2)c1. The van der Waals surface area contributed by atoms with Crippen molar-refractivity contribution in [3.8, 4) is 22.8 Å². The zero-order valence-corrected chi connectivity index (χ0v) is 13.9. The first kappa shape index (κ1) is 15.9. The first-order valence-electron chi connectivity index (χ1n) is 7.93. The lowest BCUT2D eigenvalue weighted by atomic mass is 10.1. The van der Waals surface area contributed by atoms with Crippen LogP contribution in [0.4, 0.5) is 0 Å².